The summed E-state index contributed by atoms with van der Waals surface area (Å²) in [7, 11) is 4.15. The molecule has 0 radical (unpaired) electrons. The molecule has 382 valence electrons. The largest absolute Gasteiger partial charge is 0.378 e. The van der Waals surface area contributed by atoms with Crippen LogP contribution in [0, 0.1) is 22.0 Å². The van der Waals surface area contributed by atoms with Crippen LogP contribution in [0.1, 0.15) is 38.9 Å². The van der Waals surface area contributed by atoms with E-state index in [2.05, 4.69) is 96.5 Å². The molecule has 0 saturated carbocycles. The summed E-state index contributed by atoms with van der Waals surface area (Å²) in [6.07, 6.45) is 0. The maximum Gasteiger partial charge on any atom is 0.269 e. The summed E-state index contributed by atoms with van der Waals surface area (Å²) in [5.74, 6) is 7.12. The first kappa shape index (κ1) is 36.4. The summed E-state index contributed by atoms with van der Waals surface area (Å²) in [6, 6.07) is 25.4. The number of non-ortho nitro benzene ring substituents is 1. The van der Waals surface area contributed by atoms with Crippen LogP contribution in [0.5, 0.6) is 0 Å². The molecule has 0 amide bonds. The maximum atomic E-state index is 12.9. The fraction of sp³-hybridized carbons (Fsp3) is 0.0482. The summed E-state index contributed by atoms with van der Waals surface area (Å²) < 4.78 is 0. The number of hydrogen-bond donors (Lipinski definition) is 0. The van der Waals surface area contributed by atoms with E-state index in [9.17, 15) is 10.1 Å². The smallest absolute Gasteiger partial charge is 0.269 e. The van der Waals surface area contributed by atoms with Crippen molar-refractivity contribution in [2.75, 3.05) is 24.0 Å². The van der Waals surface area contributed by atoms with E-state index < -0.39 is 11.0 Å². The zero-order valence-electron chi connectivity index (χ0n) is 46.0. The van der Waals surface area contributed by atoms with Crippen molar-refractivity contribution in [1.82, 2.24) is 0 Å². The maximum absolute atomic E-state index is 12.9. The molecular weight excluding hydrogens is 1080 g/mol. The molecule has 0 N–H and O–H groups in total. The minimum atomic E-state index is -0.906. The lowest BCUT2D eigenvalue weighted by molar-refractivity contribution is -0.384. The Labute approximate surface area is 489 Å². The molecule has 6 nitrogen and oxygen atoms in total. The first-order chi connectivity index (χ1) is 44.0. The Morgan fingerprint density at radius 2 is 0.584 bits per heavy atom. The van der Waals surface area contributed by atoms with Gasteiger partial charge in [0, 0.05) is 54.2 Å². The Bertz CT molecular complexity index is 8520. The molecule has 1 aliphatic heterocycles. The highest BCUT2D eigenvalue weighted by atomic mass is 16.6. The quantitative estimate of drug-likeness (QED) is 0.0762. The predicted molar refractivity (Wildman–Crippen MR) is 369 cm³/mol. The van der Waals surface area contributed by atoms with Gasteiger partial charge in [0.05, 0.1) is 16.3 Å². The number of hydrazone groups is 1. The number of nitro benzene ring substituents is 1. The lowest BCUT2D eigenvalue weighted by Crippen LogP contribution is -2.59. The Kier molecular flexibility index (Phi) is 3.68. The minimum Gasteiger partial charge on any atom is -0.378 e. The number of hydrogen-bond acceptors (Lipinski definition) is 5. The van der Waals surface area contributed by atoms with Gasteiger partial charge in [-0.2, -0.15) is 5.10 Å². The van der Waals surface area contributed by atoms with Crippen molar-refractivity contribution in [2.45, 2.75) is 11.0 Å². The molecule has 89 heavy (non-hydrogen) atoms. The second kappa shape index (κ2) is 9.01. The first-order valence-electron chi connectivity index (χ1n) is 31.8. The summed E-state index contributed by atoms with van der Waals surface area (Å²) in [5.41, 5.74) is 10.3. The van der Waals surface area contributed by atoms with Gasteiger partial charge in [-0.05, 0) is 368 Å². The van der Waals surface area contributed by atoms with Crippen LogP contribution < -0.4 is 9.91 Å². The Hall–Kier alpha value is -11.7. The van der Waals surface area contributed by atoms with Gasteiger partial charge in [-0.15, -0.1) is 0 Å². The van der Waals surface area contributed by atoms with Crippen LogP contribution in [0.25, 0.3) is 291 Å². The molecule has 4 aliphatic carbocycles. The topological polar surface area (TPSA) is 62.0 Å². The molecule has 31 aromatic carbocycles. The Morgan fingerprint density at radius 3 is 0.843 bits per heavy atom. The van der Waals surface area contributed by atoms with E-state index in [-0.39, 0.29) is 10.6 Å². The third-order valence-electron chi connectivity index (χ3n) is 28.3. The second-order valence-electron chi connectivity index (χ2n) is 30.0. The molecule has 0 aromatic heterocycles. The standard InChI is InChI=1S/C83H18N4O2/c1-85(2)20-11-5-17(6-12-20)3-4-18-7-13-21(14-8-18)86-83-79-73-67-57-45-37-29-25-23-24-27-31(29)39(45)49-43-35(27)36-28(24)32-30-26(23)34-33(25)41-47(37)55-61-51(41)52-42(34)48-38(30)46-40(32)50-44(36)54-53(43)65(59(49)67)75(79)76-66(54)60(50)68-58(46)64-56(48)62(52)70-69(61)77(71(73)63(55)57)82(83,78(70)72(64)74(68)80(76)83)81(84-86)19-9-15-22(16-10-19)87(88)89/h5-16H,1-2H3. The highest BCUT2D eigenvalue weighted by molar-refractivity contribution is 6.82. The van der Waals surface area contributed by atoms with E-state index in [1.54, 1.807) is 163 Å². The van der Waals surface area contributed by atoms with Gasteiger partial charge in [0.25, 0.3) is 5.69 Å². The van der Waals surface area contributed by atoms with Gasteiger partial charge in [0.15, 0.2) is 0 Å². The fourth-order valence-electron chi connectivity index (χ4n) is 27.2. The summed E-state index contributed by atoms with van der Waals surface area (Å²) in [6.45, 7) is 0. The number of rotatable bonds is 4. The van der Waals surface area contributed by atoms with E-state index >= 15 is 0 Å². The molecule has 0 bridgehead atoms. The molecule has 6 heteroatoms. The Morgan fingerprint density at radius 1 is 0.337 bits per heavy atom. The molecule has 0 saturated heterocycles. The molecule has 0 fully saturated rings. The average molecular weight is 1100 g/mol. The summed E-state index contributed by atoms with van der Waals surface area (Å²) in [4.78, 5) is 14.8. The third kappa shape index (κ3) is 2.30. The van der Waals surface area contributed by atoms with Gasteiger partial charge < -0.3 is 4.90 Å². The number of benzene rings is 21. The molecule has 2 spiro atoms. The number of anilines is 2. The van der Waals surface area contributed by atoms with Crippen LogP contribution in [0.2, 0.25) is 0 Å². The molecule has 1 heterocycles. The van der Waals surface area contributed by atoms with E-state index in [4.69, 9.17) is 5.10 Å². The van der Waals surface area contributed by atoms with Gasteiger partial charge in [-0.25, -0.2) is 5.01 Å². The second-order valence-corrected chi connectivity index (χ2v) is 30.0. The molecule has 31 aromatic rings. The van der Waals surface area contributed by atoms with Crippen molar-refractivity contribution in [2.24, 2.45) is 5.10 Å². The normalized spacial score (nSPS) is 19.9. The van der Waals surface area contributed by atoms with Crippen LogP contribution in [0.4, 0.5) is 17.1 Å². The lowest BCUT2D eigenvalue weighted by Gasteiger charge is -2.53. The van der Waals surface area contributed by atoms with Gasteiger partial charge in [-0.1, -0.05) is 11.8 Å². The van der Waals surface area contributed by atoms with Crippen LogP contribution >= 0.6 is 0 Å². The molecule has 36 rings (SSSR count). The highest BCUT2D eigenvalue weighted by Crippen LogP contribution is 2.86. The third-order valence-corrected chi connectivity index (χ3v) is 28.3. The zero-order chi connectivity index (χ0) is 54.9. The first-order valence-corrected chi connectivity index (χ1v) is 31.8. The van der Waals surface area contributed by atoms with Crippen LogP contribution in [-0.2, 0) is 11.0 Å². The van der Waals surface area contributed by atoms with Gasteiger partial charge in [0.2, 0.25) is 0 Å². The Balaban J connectivity index is 0.913. The van der Waals surface area contributed by atoms with Gasteiger partial charge >= 0.3 is 0 Å². The summed E-state index contributed by atoms with van der Waals surface area (Å²) >= 11 is 0. The number of nitrogens with zero attached hydrogens (tertiary/aromatic N) is 4. The molecule has 5 aliphatic rings. The molecular formula is C83H18N4O2. The van der Waals surface area contributed by atoms with Crippen molar-refractivity contribution < 1.29 is 4.92 Å². The van der Waals surface area contributed by atoms with Crippen molar-refractivity contribution in [1.29, 1.82) is 0 Å². The van der Waals surface area contributed by atoms with E-state index in [1.165, 1.54) is 162 Å². The SMILES string of the molecule is CN(C)c1ccc(C#Cc2ccc(N3N=C(c4ccc([N+](=O)[O-])cc4)C45c6c7c8c9c%10c%11c(c%12c%13c4c4c6c6c%14c7c7c8c8c%10c%10c%15c%11c%11c%12c%12c%13c%13c4c4c6c6c%14c%14c7c7c8c%10c8c%10c%15c%11c%11c%12c%12c%13c4c4c6c6c%14c7c8c7c%10c%11c%12c4c67)C935)cc2)cc1. The lowest BCUT2D eigenvalue weighted by atomic mass is 9.50. The molecule has 0 unspecified atom stereocenters. The van der Waals surface area contributed by atoms with Gasteiger partial charge in [-0.3, -0.25) is 10.1 Å². The fourth-order valence-corrected chi connectivity index (χ4v) is 27.2. The average Bonchev–Trinajstić information content (AvgIpc) is 1.38. The van der Waals surface area contributed by atoms with Crippen LogP contribution in [0.15, 0.2) is 77.9 Å². The van der Waals surface area contributed by atoms with Gasteiger partial charge in [0.1, 0.15) is 11.0 Å². The van der Waals surface area contributed by atoms with E-state index in [0.717, 1.165) is 33.8 Å². The minimum absolute atomic E-state index is 0.0996. The molecule has 0 atom stereocenters. The summed E-state index contributed by atoms with van der Waals surface area (Å²) in [5, 5.41) is 105. The van der Waals surface area contributed by atoms with Crippen LogP contribution in [0.3, 0.4) is 0 Å². The van der Waals surface area contributed by atoms with Crippen molar-refractivity contribution in [3.63, 3.8) is 0 Å². The van der Waals surface area contributed by atoms with Crippen molar-refractivity contribution in [3.05, 3.63) is 122 Å². The predicted octanol–water partition coefficient (Wildman–Crippen LogP) is 20.6. The van der Waals surface area contributed by atoms with E-state index in [1.807, 2.05) is 0 Å². The highest BCUT2D eigenvalue weighted by Gasteiger charge is 2.77. The van der Waals surface area contributed by atoms with Crippen LogP contribution in [-0.4, -0.2) is 24.7 Å². The van der Waals surface area contributed by atoms with Crippen molar-refractivity contribution in [3.8, 4) is 11.8 Å². The zero-order valence-corrected chi connectivity index (χ0v) is 46.0. The number of nitro groups is 1. The van der Waals surface area contributed by atoms with E-state index in [0.29, 0.717) is 0 Å². The van der Waals surface area contributed by atoms with Crippen molar-refractivity contribution >= 4 is 314 Å². The monoisotopic (exact) mass is 1100 g/mol.